The van der Waals surface area contributed by atoms with Crippen molar-refractivity contribution in [2.75, 3.05) is 39.4 Å². The monoisotopic (exact) mass is 569 g/mol. The molecule has 12 heteroatoms. The normalized spacial score (nSPS) is 22.6. The molecule has 0 spiro atoms. The molecular weight excluding hydrogens is 535 g/mol. The number of likely N-dealkylation sites (N-methyl/N-ethyl adjacent to an activating group) is 1. The first-order chi connectivity index (χ1) is 18.4. The number of thioether (sulfide) groups is 1. The number of rotatable bonds is 6. The van der Waals surface area contributed by atoms with Crippen molar-refractivity contribution in [2.24, 2.45) is 0 Å². The molecule has 1 heterocycles. The molecule has 2 aromatic carbocycles. The Morgan fingerprint density at radius 1 is 1.10 bits per heavy atom. The summed E-state index contributed by atoms with van der Waals surface area (Å²) in [7, 11) is 5.55. The summed E-state index contributed by atoms with van der Waals surface area (Å²) in [6.07, 6.45) is 0.985. The number of ether oxygens (including phenoxy) is 2. The molecule has 2 aliphatic rings. The van der Waals surface area contributed by atoms with E-state index in [0.29, 0.717) is 6.04 Å². The zero-order valence-electron chi connectivity index (χ0n) is 22.3. The Bertz CT molecular complexity index is 1170. The number of likely N-dealkylation sites (tertiary alicyclic amines) is 1. The number of carbonyl (C=O) groups excluding carboxylic acids is 1. The van der Waals surface area contributed by atoms with E-state index in [4.69, 9.17) is 19.4 Å². The standard InChI is InChI=1S/C25H33N3O3S.C2HF3O2/c1-28-13-12-25(17-8-9-21(30-2)22(14-17)31-3)11-10-19(16-23(25)28)27-24(29)26-18-6-5-7-20(15-18)32-4;3-2(4,5)1(6)7/h5-9,14-15,19,23H,10-13,16H2,1-4H3,(H2,26,27,29);(H,6,7). The van der Waals surface area contributed by atoms with Crippen LogP contribution in [0.1, 0.15) is 31.2 Å². The molecule has 3 N–H and O–H groups in total. The maximum absolute atomic E-state index is 12.7. The number of nitrogens with one attached hydrogen (secondary N) is 2. The molecule has 4 rings (SSSR count). The number of hydrogen-bond acceptors (Lipinski definition) is 6. The number of aliphatic carboxylic acids is 1. The van der Waals surface area contributed by atoms with Crippen LogP contribution in [0.5, 0.6) is 11.5 Å². The second-order valence-corrected chi connectivity index (χ2v) is 10.5. The van der Waals surface area contributed by atoms with E-state index in [0.717, 1.165) is 54.3 Å². The zero-order chi connectivity index (χ0) is 28.8. The highest BCUT2D eigenvalue weighted by molar-refractivity contribution is 7.98. The molecule has 3 unspecified atom stereocenters. The SMILES string of the molecule is COc1ccc(C23CCC(NC(=O)Nc4cccc(SC)c4)CC2N(C)CC3)cc1OC.O=C(O)C(F)(F)F. The summed E-state index contributed by atoms with van der Waals surface area (Å²) < 4.78 is 42.8. The van der Waals surface area contributed by atoms with Crippen LogP contribution in [0, 0.1) is 0 Å². The summed E-state index contributed by atoms with van der Waals surface area (Å²) in [5.41, 5.74) is 2.21. The third-order valence-corrected chi connectivity index (χ3v) is 8.12. The first kappa shape index (κ1) is 30.4. The molecule has 2 aromatic rings. The third kappa shape index (κ3) is 7.30. The average molecular weight is 570 g/mol. The van der Waals surface area contributed by atoms with Crippen LogP contribution in [0.25, 0.3) is 0 Å². The van der Waals surface area contributed by atoms with Crippen LogP contribution in [-0.2, 0) is 10.2 Å². The van der Waals surface area contributed by atoms with Crippen molar-refractivity contribution in [3.63, 3.8) is 0 Å². The average Bonchev–Trinajstić information content (AvgIpc) is 3.24. The minimum Gasteiger partial charge on any atom is -0.493 e. The van der Waals surface area contributed by atoms with Gasteiger partial charge in [0, 0.05) is 28.1 Å². The lowest BCUT2D eigenvalue weighted by molar-refractivity contribution is -0.192. The summed E-state index contributed by atoms with van der Waals surface area (Å²) >= 11 is 1.66. The van der Waals surface area contributed by atoms with E-state index < -0.39 is 12.1 Å². The number of benzene rings is 2. The van der Waals surface area contributed by atoms with Crippen LogP contribution in [0.3, 0.4) is 0 Å². The van der Waals surface area contributed by atoms with Gasteiger partial charge in [0.05, 0.1) is 14.2 Å². The molecule has 214 valence electrons. The van der Waals surface area contributed by atoms with E-state index >= 15 is 0 Å². The molecule has 3 atom stereocenters. The minimum absolute atomic E-state index is 0.0790. The highest BCUT2D eigenvalue weighted by Crippen LogP contribution is 2.49. The van der Waals surface area contributed by atoms with Crippen LogP contribution in [0.4, 0.5) is 23.7 Å². The predicted octanol–water partition coefficient (Wildman–Crippen LogP) is 5.38. The van der Waals surface area contributed by atoms with Crippen molar-refractivity contribution in [3.05, 3.63) is 48.0 Å². The molecule has 1 saturated carbocycles. The number of carboxylic acids is 1. The number of alkyl halides is 3. The number of halogens is 3. The first-order valence-electron chi connectivity index (χ1n) is 12.4. The Morgan fingerprint density at radius 3 is 2.41 bits per heavy atom. The fourth-order valence-corrected chi connectivity index (χ4v) is 5.91. The van der Waals surface area contributed by atoms with Gasteiger partial charge in [0.15, 0.2) is 11.5 Å². The molecule has 8 nitrogen and oxygen atoms in total. The first-order valence-corrected chi connectivity index (χ1v) is 13.6. The Kier molecular flexibility index (Phi) is 10.0. The quantitative estimate of drug-likeness (QED) is 0.402. The van der Waals surface area contributed by atoms with Crippen LogP contribution in [-0.4, -0.2) is 74.3 Å². The summed E-state index contributed by atoms with van der Waals surface area (Å²) in [4.78, 5) is 25.2. The van der Waals surface area contributed by atoms with Gasteiger partial charge in [0.25, 0.3) is 0 Å². The summed E-state index contributed by atoms with van der Waals surface area (Å²) in [5.74, 6) is -1.22. The van der Waals surface area contributed by atoms with Gasteiger partial charge in [-0.2, -0.15) is 13.2 Å². The second kappa shape index (κ2) is 12.8. The molecule has 0 bridgehead atoms. The van der Waals surface area contributed by atoms with E-state index in [2.05, 4.69) is 34.7 Å². The molecule has 39 heavy (non-hydrogen) atoms. The van der Waals surface area contributed by atoms with Gasteiger partial charge in [-0.25, -0.2) is 9.59 Å². The number of anilines is 1. The fourth-order valence-electron chi connectivity index (χ4n) is 5.45. The molecule has 1 aliphatic carbocycles. The van der Waals surface area contributed by atoms with Gasteiger partial charge in [0.1, 0.15) is 0 Å². The van der Waals surface area contributed by atoms with Crippen molar-refractivity contribution < 1.29 is 37.3 Å². The molecule has 1 saturated heterocycles. The van der Waals surface area contributed by atoms with E-state index in [1.54, 1.807) is 26.0 Å². The van der Waals surface area contributed by atoms with Gasteiger partial charge in [-0.1, -0.05) is 12.1 Å². The van der Waals surface area contributed by atoms with Crippen molar-refractivity contribution >= 4 is 29.4 Å². The maximum atomic E-state index is 12.7. The van der Waals surface area contributed by atoms with Crippen LogP contribution in [0.2, 0.25) is 0 Å². The van der Waals surface area contributed by atoms with Gasteiger partial charge in [-0.3, -0.25) is 0 Å². The molecular formula is C27H34F3N3O5S. The Hall–Kier alpha value is -3.12. The zero-order valence-corrected chi connectivity index (χ0v) is 23.1. The Balaban J connectivity index is 0.000000532. The summed E-state index contributed by atoms with van der Waals surface area (Å²) in [6.45, 7) is 1.05. The number of urea groups is 1. The number of carbonyl (C=O) groups is 2. The van der Waals surface area contributed by atoms with Crippen molar-refractivity contribution in [1.29, 1.82) is 0 Å². The van der Waals surface area contributed by atoms with Gasteiger partial charge < -0.3 is 30.1 Å². The van der Waals surface area contributed by atoms with Gasteiger partial charge >= 0.3 is 18.2 Å². The molecule has 2 fully saturated rings. The number of amides is 2. The predicted molar refractivity (Wildman–Crippen MR) is 144 cm³/mol. The number of fused-ring (bicyclic) bond motifs is 1. The molecule has 0 radical (unpaired) electrons. The second-order valence-electron chi connectivity index (χ2n) is 9.58. The van der Waals surface area contributed by atoms with E-state index in [9.17, 15) is 18.0 Å². The van der Waals surface area contributed by atoms with E-state index in [1.165, 1.54) is 5.56 Å². The molecule has 0 aromatic heterocycles. The van der Waals surface area contributed by atoms with Crippen molar-refractivity contribution in [2.45, 2.75) is 54.3 Å². The van der Waals surface area contributed by atoms with Gasteiger partial charge in [0.2, 0.25) is 0 Å². The lowest BCUT2D eigenvalue weighted by atomic mass is 9.65. The van der Waals surface area contributed by atoms with Gasteiger partial charge in [-0.05, 0) is 81.4 Å². The molecule has 1 aliphatic heterocycles. The van der Waals surface area contributed by atoms with Crippen LogP contribution in [0.15, 0.2) is 47.4 Å². The van der Waals surface area contributed by atoms with Crippen LogP contribution < -0.4 is 20.1 Å². The largest absolute Gasteiger partial charge is 0.493 e. The van der Waals surface area contributed by atoms with Crippen LogP contribution >= 0.6 is 11.8 Å². The molecule has 2 amide bonds. The third-order valence-electron chi connectivity index (χ3n) is 7.39. The summed E-state index contributed by atoms with van der Waals surface area (Å²) in [5, 5.41) is 13.3. The number of nitrogens with zero attached hydrogens (tertiary/aromatic N) is 1. The van der Waals surface area contributed by atoms with Gasteiger partial charge in [-0.15, -0.1) is 11.8 Å². The Labute approximate surface area is 230 Å². The number of carboxylic acid groups (broad SMARTS) is 1. The number of hydrogen-bond donors (Lipinski definition) is 3. The Morgan fingerprint density at radius 2 is 1.79 bits per heavy atom. The highest BCUT2D eigenvalue weighted by atomic mass is 32.2. The summed E-state index contributed by atoms with van der Waals surface area (Å²) in [6, 6.07) is 14.7. The van der Waals surface area contributed by atoms with E-state index in [1.807, 2.05) is 36.6 Å². The van der Waals surface area contributed by atoms with E-state index in [-0.39, 0.29) is 17.5 Å². The lowest BCUT2D eigenvalue weighted by Gasteiger charge is -2.45. The lowest BCUT2D eigenvalue weighted by Crippen LogP contribution is -2.52. The highest BCUT2D eigenvalue weighted by Gasteiger charge is 2.50. The minimum atomic E-state index is -5.08. The number of methoxy groups -OCH3 is 2. The van der Waals surface area contributed by atoms with Crippen molar-refractivity contribution in [1.82, 2.24) is 10.2 Å². The smallest absolute Gasteiger partial charge is 0.490 e. The topological polar surface area (TPSA) is 100 Å². The van der Waals surface area contributed by atoms with Crippen molar-refractivity contribution in [3.8, 4) is 11.5 Å². The maximum Gasteiger partial charge on any atom is 0.490 e. The fraction of sp³-hybridized carbons (Fsp3) is 0.481.